The smallest absolute Gasteiger partial charge is 0.191 e. The number of piperazine rings is 1. The molecule has 0 amide bonds. The molecule has 1 aliphatic heterocycles. The molecule has 6 heteroatoms. The molecule has 2 heterocycles. The van der Waals surface area contributed by atoms with Gasteiger partial charge in [-0.25, -0.2) is 9.98 Å². The van der Waals surface area contributed by atoms with Gasteiger partial charge in [0.2, 0.25) is 0 Å². The minimum atomic E-state index is 0.0107. The average molecular weight is 409 g/mol. The van der Waals surface area contributed by atoms with Crippen LogP contribution in [0.25, 0.3) is 0 Å². The number of pyridine rings is 1. The Bertz CT molecular complexity index is 809. The van der Waals surface area contributed by atoms with E-state index < -0.39 is 0 Å². The lowest BCUT2D eigenvalue weighted by Gasteiger charge is -2.34. The van der Waals surface area contributed by atoms with Crippen LogP contribution in [0.5, 0.6) is 0 Å². The number of guanidine groups is 1. The van der Waals surface area contributed by atoms with Crippen LogP contribution in [0.2, 0.25) is 0 Å². The fourth-order valence-electron chi connectivity index (χ4n) is 3.66. The molecule has 0 bridgehead atoms. The van der Waals surface area contributed by atoms with E-state index in [0.29, 0.717) is 6.54 Å². The summed E-state index contributed by atoms with van der Waals surface area (Å²) in [6.07, 6.45) is 1.88. The average Bonchev–Trinajstić information content (AvgIpc) is 2.77. The maximum absolute atomic E-state index is 4.87. The summed E-state index contributed by atoms with van der Waals surface area (Å²) in [5, 5.41) is 6.91. The van der Waals surface area contributed by atoms with Crippen molar-refractivity contribution in [1.29, 1.82) is 0 Å². The third-order valence-corrected chi connectivity index (χ3v) is 5.68. The van der Waals surface area contributed by atoms with Crippen molar-refractivity contribution in [2.45, 2.75) is 32.7 Å². The Balaban J connectivity index is 1.68. The molecular formula is C24H36N6. The predicted octanol–water partition coefficient (Wildman–Crippen LogP) is 2.87. The largest absolute Gasteiger partial charge is 0.357 e. The summed E-state index contributed by atoms with van der Waals surface area (Å²) in [7, 11) is 2.17. The van der Waals surface area contributed by atoms with Gasteiger partial charge in [0.15, 0.2) is 5.96 Å². The number of anilines is 1. The van der Waals surface area contributed by atoms with E-state index in [2.05, 4.69) is 89.6 Å². The molecule has 162 valence electrons. The first-order valence-electron chi connectivity index (χ1n) is 10.9. The van der Waals surface area contributed by atoms with Gasteiger partial charge >= 0.3 is 0 Å². The first-order chi connectivity index (χ1) is 14.5. The summed E-state index contributed by atoms with van der Waals surface area (Å²) >= 11 is 0. The summed E-state index contributed by atoms with van der Waals surface area (Å²) in [5.74, 6) is 1.91. The summed E-state index contributed by atoms with van der Waals surface area (Å²) in [5.41, 5.74) is 2.50. The number of hydrogen-bond acceptors (Lipinski definition) is 4. The standard InChI is InChI=1S/C24H36N6/c1-5-25-23(28-19-24(2,3)21-11-7-6-8-12-21)27-18-20-10-9-13-26-22(20)30-16-14-29(4)15-17-30/h6-13H,5,14-19H2,1-4H3,(H2,25,27,28). The molecule has 6 nitrogen and oxygen atoms in total. The normalized spacial score (nSPS) is 15.9. The Kier molecular flexibility index (Phi) is 7.69. The Labute approximate surface area is 181 Å². The topological polar surface area (TPSA) is 55.8 Å². The molecule has 0 aliphatic carbocycles. The van der Waals surface area contributed by atoms with Crippen molar-refractivity contribution in [2.75, 3.05) is 51.2 Å². The third-order valence-electron chi connectivity index (χ3n) is 5.68. The molecule has 0 atom stereocenters. The van der Waals surface area contributed by atoms with E-state index in [4.69, 9.17) is 4.99 Å². The Morgan fingerprint density at radius 3 is 2.47 bits per heavy atom. The van der Waals surface area contributed by atoms with Crippen LogP contribution in [-0.4, -0.2) is 62.2 Å². The van der Waals surface area contributed by atoms with Crippen molar-refractivity contribution in [3.63, 3.8) is 0 Å². The van der Waals surface area contributed by atoms with Gasteiger partial charge in [-0.1, -0.05) is 50.2 Å². The highest BCUT2D eigenvalue weighted by Gasteiger charge is 2.21. The zero-order valence-electron chi connectivity index (χ0n) is 18.9. The molecule has 0 unspecified atom stereocenters. The predicted molar refractivity (Wildman–Crippen MR) is 126 cm³/mol. The van der Waals surface area contributed by atoms with Crippen molar-refractivity contribution >= 4 is 11.8 Å². The van der Waals surface area contributed by atoms with Crippen LogP contribution in [0.3, 0.4) is 0 Å². The maximum Gasteiger partial charge on any atom is 0.191 e. The third kappa shape index (κ3) is 5.95. The maximum atomic E-state index is 4.87. The molecule has 1 fully saturated rings. The number of likely N-dealkylation sites (N-methyl/N-ethyl adjacent to an activating group) is 1. The summed E-state index contributed by atoms with van der Waals surface area (Å²) in [4.78, 5) is 14.3. The van der Waals surface area contributed by atoms with Crippen LogP contribution in [0, 0.1) is 0 Å². The monoisotopic (exact) mass is 408 g/mol. The molecule has 2 aromatic rings. The van der Waals surface area contributed by atoms with Crippen molar-refractivity contribution < 1.29 is 0 Å². The second kappa shape index (κ2) is 10.4. The van der Waals surface area contributed by atoms with Crippen LogP contribution < -0.4 is 15.5 Å². The lowest BCUT2D eigenvalue weighted by Crippen LogP contribution is -2.45. The van der Waals surface area contributed by atoms with E-state index in [0.717, 1.165) is 51.0 Å². The first kappa shape index (κ1) is 22.1. The number of benzene rings is 1. The molecule has 0 spiro atoms. The van der Waals surface area contributed by atoms with Crippen LogP contribution in [0.1, 0.15) is 31.9 Å². The number of rotatable bonds is 7. The van der Waals surface area contributed by atoms with Crippen LogP contribution in [0.4, 0.5) is 5.82 Å². The minimum absolute atomic E-state index is 0.0107. The molecule has 30 heavy (non-hydrogen) atoms. The Morgan fingerprint density at radius 2 is 1.77 bits per heavy atom. The SMILES string of the molecule is CCNC(=NCc1cccnc1N1CCN(C)CC1)NCC(C)(C)c1ccccc1. The zero-order valence-corrected chi connectivity index (χ0v) is 18.9. The highest BCUT2D eigenvalue weighted by atomic mass is 15.3. The fraction of sp³-hybridized carbons (Fsp3) is 0.500. The Hall–Kier alpha value is -2.60. The molecule has 0 saturated carbocycles. The van der Waals surface area contributed by atoms with Gasteiger partial charge in [-0.3, -0.25) is 0 Å². The highest BCUT2D eigenvalue weighted by molar-refractivity contribution is 5.80. The summed E-state index contributed by atoms with van der Waals surface area (Å²) in [6.45, 7) is 13.0. The number of aromatic nitrogens is 1. The fourth-order valence-corrected chi connectivity index (χ4v) is 3.66. The second-order valence-corrected chi connectivity index (χ2v) is 8.58. The van der Waals surface area contributed by atoms with E-state index in [9.17, 15) is 0 Å². The van der Waals surface area contributed by atoms with Gasteiger partial charge in [-0.15, -0.1) is 0 Å². The molecular weight excluding hydrogens is 372 g/mol. The zero-order chi connectivity index (χ0) is 21.4. The molecule has 3 rings (SSSR count). The number of nitrogens with one attached hydrogen (secondary N) is 2. The summed E-state index contributed by atoms with van der Waals surface area (Å²) in [6, 6.07) is 14.8. The van der Waals surface area contributed by atoms with Crippen LogP contribution in [0.15, 0.2) is 53.7 Å². The van der Waals surface area contributed by atoms with Crippen molar-refractivity contribution in [2.24, 2.45) is 4.99 Å². The lowest BCUT2D eigenvalue weighted by molar-refractivity contribution is 0.312. The van der Waals surface area contributed by atoms with E-state index in [-0.39, 0.29) is 5.41 Å². The van der Waals surface area contributed by atoms with Gasteiger partial charge < -0.3 is 20.4 Å². The van der Waals surface area contributed by atoms with Gasteiger partial charge in [-0.2, -0.15) is 0 Å². The van der Waals surface area contributed by atoms with E-state index in [1.54, 1.807) is 0 Å². The molecule has 2 N–H and O–H groups in total. The number of aliphatic imine (C=N–C) groups is 1. The van der Waals surface area contributed by atoms with E-state index >= 15 is 0 Å². The van der Waals surface area contributed by atoms with E-state index in [1.165, 1.54) is 11.1 Å². The van der Waals surface area contributed by atoms with Gasteiger partial charge in [-0.05, 0) is 25.6 Å². The van der Waals surface area contributed by atoms with Crippen molar-refractivity contribution in [3.05, 3.63) is 59.8 Å². The van der Waals surface area contributed by atoms with Crippen molar-refractivity contribution in [3.8, 4) is 0 Å². The molecule has 1 aromatic heterocycles. The summed E-state index contributed by atoms with van der Waals surface area (Å²) < 4.78 is 0. The molecule has 1 aromatic carbocycles. The van der Waals surface area contributed by atoms with Crippen LogP contribution in [-0.2, 0) is 12.0 Å². The molecule has 0 radical (unpaired) electrons. The van der Waals surface area contributed by atoms with Gasteiger partial charge in [0, 0.05) is 56.4 Å². The van der Waals surface area contributed by atoms with Gasteiger partial charge in [0.25, 0.3) is 0 Å². The highest BCUT2D eigenvalue weighted by Crippen LogP contribution is 2.22. The van der Waals surface area contributed by atoms with E-state index in [1.807, 2.05) is 12.3 Å². The minimum Gasteiger partial charge on any atom is -0.357 e. The second-order valence-electron chi connectivity index (χ2n) is 8.58. The molecule has 1 aliphatic rings. The van der Waals surface area contributed by atoms with Gasteiger partial charge in [0.1, 0.15) is 5.82 Å². The van der Waals surface area contributed by atoms with Gasteiger partial charge in [0.05, 0.1) is 6.54 Å². The quantitative estimate of drug-likeness (QED) is 0.545. The number of hydrogen-bond donors (Lipinski definition) is 2. The Morgan fingerprint density at radius 1 is 1.03 bits per heavy atom. The lowest BCUT2D eigenvalue weighted by atomic mass is 9.85. The van der Waals surface area contributed by atoms with Crippen LogP contribution >= 0.6 is 0 Å². The number of nitrogens with zero attached hydrogens (tertiary/aromatic N) is 4. The first-order valence-corrected chi connectivity index (χ1v) is 10.9. The van der Waals surface area contributed by atoms with Crippen molar-refractivity contribution in [1.82, 2.24) is 20.5 Å². The molecule has 1 saturated heterocycles.